The first-order valence-corrected chi connectivity index (χ1v) is 6.87. The van der Waals surface area contributed by atoms with Gasteiger partial charge in [-0.2, -0.15) is 0 Å². The monoisotopic (exact) mass is 220 g/mol. The molecule has 0 unspecified atom stereocenters. The first-order chi connectivity index (χ1) is 7.11. The van der Waals surface area contributed by atoms with Crippen molar-refractivity contribution in [3.05, 3.63) is 41.6 Å². The van der Waals surface area contributed by atoms with E-state index in [-0.39, 0.29) is 0 Å². The third-order valence-corrected chi connectivity index (χ3v) is 4.97. The van der Waals surface area contributed by atoms with Gasteiger partial charge in [0.25, 0.3) is 0 Å². The molecule has 0 aromatic heterocycles. The average molecular weight is 220 g/mol. The van der Waals surface area contributed by atoms with E-state index in [9.17, 15) is 0 Å². The maximum absolute atomic E-state index is 2.34. The lowest BCUT2D eigenvalue weighted by molar-refractivity contribution is 0.530. The van der Waals surface area contributed by atoms with Crippen LogP contribution in [-0.4, -0.2) is 46.4 Å². The summed E-state index contributed by atoms with van der Waals surface area (Å²) in [6.45, 7) is 0. The van der Waals surface area contributed by atoms with Crippen LogP contribution in [0.2, 0.25) is 0 Å². The molecule has 0 fully saturated rings. The Morgan fingerprint density at radius 3 is 1.93 bits per heavy atom. The highest BCUT2D eigenvalue weighted by atomic mass is 28.3. The van der Waals surface area contributed by atoms with Gasteiger partial charge in [0.05, 0.1) is 0 Å². The van der Waals surface area contributed by atoms with Crippen LogP contribution in [0.15, 0.2) is 36.0 Å². The van der Waals surface area contributed by atoms with Crippen LogP contribution in [-0.2, 0) is 0 Å². The molecule has 0 bridgehead atoms. The van der Waals surface area contributed by atoms with E-state index in [1.54, 1.807) is 0 Å². The van der Waals surface area contributed by atoms with E-state index in [0.29, 0.717) is 0 Å². The average Bonchev–Trinajstić information content (AvgIpc) is 2.18. The van der Waals surface area contributed by atoms with Crippen LogP contribution in [0, 0.1) is 0 Å². The molecule has 0 aliphatic rings. The van der Waals surface area contributed by atoms with Gasteiger partial charge in [0.1, 0.15) is 0 Å². The standard InChI is InChI=1S/C12H20N2Si/c1-13(2)15(14(3)4)11-10-12-8-6-5-7-9-12/h5-11,15H,1-4H3. The molecule has 0 saturated carbocycles. The van der Waals surface area contributed by atoms with Crippen molar-refractivity contribution in [1.82, 2.24) is 9.13 Å². The minimum Gasteiger partial charge on any atom is -0.317 e. The second-order valence-corrected chi connectivity index (χ2v) is 7.39. The summed E-state index contributed by atoms with van der Waals surface area (Å²) in [6.07, 6.45) is 2.22. The molecule has 0 radical (unpaired) electrons. The minimum absolute atomic E-state index is 1.06. The van der Waals surface area contributed by atoms with Gasteiger partial charge in [0.15, 0.2) is 0 Å². The molecule has 2 nitrogen and oxygen atoms in total. The second kappa shape index (κ2) is 5.85. The molecule has 1 rings (SSSR count). The molecular weight excluding hydrogens is 200 g/mol. The highest BCUT2D eigenvalue weighted by Gasteiger charge is 2.11. The Balaban J connectivity index is 2.70. The van der Waals surface area contributed by atoms with Crippen molar-refractivity contribution in [2.75, 3.05) is 28.2 Å². The number of hydrogen-bond acceptors (Lipinski definition) is 2. The van der Waals surface area contributed by atoms with Gasteiger partial charge in [-0.05, 0) is 33.8 Å². The molecule has 15 heavy (non-hydrogen) atoms. The molecule has 82 valence electrons. The van der Waals surface area contributed by atoms with Crippen molar-refractivity contribution < 1.29 is 0 Å². The summed E-state index contributed by atoms with van der Waals surface area (Å²) in [4.78, 5) is 0. The van der Waals surface area contributed by atoms with Crippen LogP contribution in [0.4, 0.5) is 0 Å². The zero-order chi connectivity index (χ0) is 11.3. The Labute approximate surface area is 94.6 Å². The summed E-state index contributed by atoms with van der Waals surface area (Å²) in [6, 6.07) is 10.5. The third kappa shape index (κ3) is 3.99. The molecule has 0 amide bonds. The molecule has 1 aromatic rings. The highest BCUT2D eigenvalue weighted by molar-refractivity contribution is 6.59. The van der Waals surface area contributed by atoms with Gasteiger partial charge in [0.2, 0.25) is 9.12 Å². The van der Waals surface area contributed by atoms with E-state index in [0.717, 1.165) is 0 Å². The van der Waals surface area contributed by atoms with Crippen LogP contribution in [0.5, 0.6) is 0 Å². The fourth-order valence-corrected chi connectivity index (χ4v) is 3.57. The summed E-state index contributed by atoms with van der Waals surface area (Å²) in [7, 11) is 7.52. The zero-order valence-corrected chi connectivity index (χ0v) is 11.2. The van der Waals surface area contributed by atoms with E-state index in [4.69, 9.17) is 0 Å². The van der Waals surface area contributed by atoms with Crippen molar-refractivity contribution >= 4 is 15.2 Å². The lowest BCUT2D eigenvalue weighted by atomic mass is 10.2. The van der Waals surface area contributed by atoms with Gasteiger partial charge in [-0.25, -0.2) is 0 Å². The largest absolute Gasteiger partial charge is 0.317 e. The van der Waals surface area contributed by atoms with E-state index < -0.39 is 9.12 Å². The Kier molecular flexibility index (Phi) is 4.75. The summed E-state index contributed by atoms with van der Waals surface area (Å²) in [5, 5.41) is 0. The molecule has 0 N–H and O–H groups in total. The third-order valence-electron chi connectivity index (χ3n) is 2.32. The maximum Gasteiger partial charge on any atom is 0.214 e. The van der Waals surface area contributed by atoms with Gasteiger partial charge in [-0.1, -0.05) is 42.1 Å². The number of hydrogen-bond donors (Lipinski definition) is 0. The molecule has 0 atom stereocenters. The van der Waals surface area contributed by atoms with Crippen molar-refractivity contribution in [2.24, 2.45) is 0 Å². The molecule has 0 saturated heterocycles. The Morgan fingerprint density at radius 1 is 0.933 bits per heavy atom. The van der Waals surface area contributed by atoms with E-state index >= 15 is 0 Å². The van der Waals surface area contributed by atoms with Crippen LogP contribution in [0.25, 0.3) is 6.08 Å². The summed E-state index contributed by atoms with van der Waals surface area (Å²) < 4.78 is 4.64. The lowest BCUT2D eigenvalue weighted by Gasteiger charge is -2.25. The topological polar surface area (TPSA) is 6.48 Å². The number of benzene rings is 1. The Bertz CT molecular complexity index is 299. The van der Waals surface area contributed by atoms with Gasteiger partial charge in [0, 0.05) is 0 Å². The highest BCUT2D eigenvalue weighted by Crippen LogP contribution is 2.03. The molecule has 0 aliphatic heterocycles. The van der Waals surface area contributed by atoms with Crippen LogP contribution in [0.1, 0.15) is 5.56 Å². The molecule has 0 heterocycles. The quantitative estimate of drug-likeness (QED) is 0.711. The molecule has 0 aliphatic carbocycles. The summed E-state index contributed by atoms with van der Waals surface area (Å²) in [5.41, 5.74) is 3.62. The van der Waals surface area contributed by atoms with Gasteiger partial charge in [-0.3, -0.25) is 0 Å². The maximum atomic E-state index is 2.34. The van der Waals surface area contributed by atoms with E-state index in [2.05, 4.69) is 73.4 Å². The van der Waals surface area contributed by atoms with Crippen LogP contribution in [0.3, 0.4) is 0 Å². The minimum atomic E-state index is -1.06. The molecular formula is C12H20N2Si. The van der Waals surface area contributed by atoms with Crippen molar-refractivity contribution in [1.29, 1.82) is 0 Å². The normalized spacial score (nSPS) is 12.2. The van der Waals surface area contributed by atoms with Crippen molar-refractivity contribution in [2.45, 2.75) is 0 Å². The van der Waals surface area contributed by atoms with E-state index in [1.807, 2.05) is 6.07 Å². The smallest absolute Gasteiger partial charge is 0.214 e. The second-order valence-electron chi connectivity index (χ2n) is 4.11. The van der Waals surface area contributed by atoms with Gasteiger partial charge >= 0.3 is 0 Å². The van der Waals surface area contributed by atoms with Crippen molar-refractivity contribution in [3.8, 4) is 0 Å². The molecule has 0 spiro atoms. The van der Waals surface area contributed by atoms with Gasteiger partial charge < -0.3 is 9.13 Å². The first-order valence-electron chi connectivity index (χ1n) is 5.17. The van der Waals surface area contributed by atoms with Crippen molar-refractivity contribution in [3.63, 3.8) is 0 Å². The fourth-order valence-electron chi connectivity index (χ4n) is 1.57. The number of nitrogens with zero attached hydrogens (tertiary/aromatic N) is 2. The zero-order valence-electron chi connectivity index (χ0n) is 10.0. The van der Waals surface area contributed by atoms with Gasteiger partial charge in [-0.15, -0.1) is 0 Å². The fraction of sp³-hybridized carbons (Fsp3) is 0.333. The predicted octanol–water partition coefficient (Wildman–Crippen LogP) is 1.58. The SMILES string of the molecule is CN(C)[SiH](C=Cc1ccccc1)N(C)C. The summed E-state index contributed by atoms with van der Waals surface area (Å²) >= 11 is 0. The summed E-state index contributed by atoms with van der Waals surface area (Å²) in [5.74, 6) is 0. The Hall–Kier alpha value is -0.903. The Morgan fingerprint density at radius 2 is 1.47 bits per heavy atom. The van der Waals surface area contributed by atoms with Crippen LogP contribution >= 0.6 is 0 Å². The molecule has 1 aromatic carbocycles. The molecule has 3 heteroatoms. The van der Waals surface area contributed by atoms with Crippen LogP contribution < -0.4 is 0 Å². The number of rotatable bonds is 4. The lowest BCUT2D eigenvalue weighted by Crippen LogP contribution is -2.44. The predicted molar refractivity (Wildman–Crippen MR) is 70.0 cm³/mol. The first kappa shape index (κ1) is 12.2. The van der Waals surface area contributed by atoms with E-state index in [1.165, 1.54) is 5.56 Å².